The zero-order valence-electron chi connectivity index (χ0n) is 10.0. The van der Waals surface area contributed by atoms with Crippen molar-refractivity contribution in [3.05, 3.63) is 35.1 Å². The molecule has 0 saturated carbocycles. The van der Waals surface area contributed by atoms with Gasteiger partial charge in [-0.15, -0.1) is 22.0 Å². The van der Waals surface area contributed by atoms with Crippen molar-refractivity contribution in [2.45, 2.75) is 24.0 Å². The third-order valence-corrected chi connectivity index (χ3v) is 4.30. The maximum Gasteiger partial charge on any atom is 0.205 e. The number of rotatable bonds is 6. The zero-order chi connectivity index (χ0) is 12.8. The van der Waals surface area contributed by atoms with Gasteiger partial charge in [0, 0.05) is 11.4 Å². The molecule has 0 atom stereocenters. The summed E-state index contributed by atoms with van der Waals surface area (Å²) in [7, 11) is 0. The number of halogens is 1. The summed E-state index contributed by atoms with van der Waals surface area (Å²) in [4.78, 5) is 0.649. The van der Waals surface area contributed by atoms with Crippen molar-refractivity contribution in [3.63, 3.8) is 0 Å². The summed E-state index contributed by atoms with van der Waals surface area (Å²) in [6.07, 6.45) is 1.05. The van der Waals surface area contributed by atoms with Gasteiger partial charge in [0.25, 0.3) is 0 Å². The van der Waals surface area contributed by atoms with Crippen LogP contribution in [0.3, 0.4) is 0 Å². The summed E-state index contributed by atoms with van der Waals surface area (Å²) >= 11 is 2.96. The summed E-state index contributed by atoms with van der Waals surface area (Å²) < 4.78 is 13.4. The van der Waals surface area contributed by atoms with E-state index >= 15 is 0 Å². The topological polar surface area (TPSA) is 37.8 Å². The molecule has 0 aliphatic carbocycles. The summed E-state index contributed by atoms with van der Waals surface area (Å²) in [6.45, 7) is 3.00. The highest BCUT2D eigenvalue weighted by atomic mass is 32.2. The van der Waals surface area contributed by atoms with Gasteiger partial charge in [-0.2, -0.15) is 0 Å². The number of hydrogen-bond acceptors (Lipinski definition) is 5. The van der Waals surface area contributed by atoms with Crippen LogP contribution in [0.15, 0.2) is 29.2 Å². The average Bonchev–Trinajstić information content (AvgIpc) is 2.83. The van der Waals surface area contributed by atoms with Gasteiger partial charge in [-0.25, -0.2) is 4.39 Å². The second-order valence-electron chi connectivity index (χ2n) is 3.65. The lowest BCUT2D eigenvalue weighted by Crippen LogP contribution is -1.98. The van der Waals surface area contributed by atoms with Gasteiger partial charge in [0.15, 0.2) is 0 Å². The maximum absolute atomic E-state index is 13.4. The predicted molar refractivity (Wildman–Crippen MR) is 74.7 cm³/mol. The van der Waals surface area contributed by atoms with Crippen molar-refractivity contribution in [3.8, 4) is 0 Å². The molecule has 1 N–H and O–H groups in total. The molecule has 1 aromatic heterocycles. The summed E-state index contributed by atoms with van der Waals surface area (Å²) in [6, 6.07) is 6.77. The van der Waals surface area contributed by atoms with E-state index in [1.54, 1.807) is 12.1 Å². The first-order chi connectivity index (χ1) is 8.79. The van der Waals surface area contributed by atoms with Crippen molar-refractivity contribution in [2.75, 3.05) is 11.9 Å². The fourth-order valence-corrected chi connectivity index (χ4v) is 3.01. The van der Waals surface area contributed by atoms with Gasteiger partial charge in [-0.05, 0) is 18.6 Å². The van der Waals surface area contributed by atoms with Crippen LogP contribution < -0.4 is 5.32 Å². The number of nitrogens with zero attached hydrogens (tertiary/aromatic N) is 2. The molecule has 3 nitrogen and oxygen atoms in total. The Morgan fingerprint density at radius 2 is 2.17 bits per heavy atom. The second kappa shape index (κ2) is 6.70. The first-order valence-electron chi connectivity index (χ1n) is 5.73. The number of hydrogen-bond donors (Lipinski definition) is 1. The molecule has 0 aliphatic heterocycles. The Morgan fingerprint density at radius 1 is 1.33 bits per heavy atom. The van der Waals surface area contributed by atoms with Crippen molar-refractivity contribution in [1.82, 2.24) is 10.2 Å². The molecule has 2 rings (SSSR count). The molecule has 18 heavy (non-hydrogen) atoms. The summed E-state index contributed by atoms with van der Waals surface area (Å²) in [5.41, 5.74) is 0. The zero-order valence-corrected chi connectivity index (χ0v) is 11.7. The average molecular weight is 283 g/mol. The smallest absolute Gasteiger partial charge is 0.205 e. The Balaban J connectivity index is 1.90. The van der Waals surface area contributed by atoms with Crippen molar-refractivity contribution in [2.24, 2.45) is 0 Å². The summed E-state index contributed by atoms with van der Waals surface area (Å²) in [5.74, 6) is 0.461. The molecular weight excluding hydrogens is 269 g/mol. The molecule has 0 saturated heterocycles. The van der Waals surface area contributed by atoms with Gasteiger partial charge < -0.3 is 5.32 Å². The van der Waals surface area contributed by atoms with Gasteiger partial charge in [-0.1, -0.05) is 30.4 Å². The van der Waals surface area contributed by atoms with E-state index in [2.05, 4.69) is 22.4 Å². The van der Waals surface area contributed by atoms with Crippen molar-refractivity contribution >= 4 is 28.2 Å². The maximum atomic E-state index is 13.4. The fraction of sp³-hybridized carbons (Fsp3) is 0.333. The predicted octanol–water partition coefficient (Wildman–Crippen LogP) is 3.79. The molecule has 0 aliphatic rings. The first-order valence-corrected chi connectivity index (χ1v) is 7.53. The van der Waals surface area contributed by atoms with Crippen LogP contribution in [0.5, 0.6) is 0 Å². The Hall–Kier alpha value is -1.14. The van der Waals surface area contributed by atoms with Gasteiger partial charge in [-0.3, -0.25) is 0 Å². The SMILES string of the molecule is CCCNc1nnc(CSc2ccccc2F)s1. The van der Waals surface area contributed by atoms with Gasteiger partial charge in [0.2, 0.25) is 5.13 Å². The first kappa shape index (κ1) is 13.3. The molecule has 1 aromatic carbocycles. The molecule has 0 amide bonds. The van der Waals surface area contributed by atoms with Gasteiger partial charge >= 0.3 is 0 Å². The normalized spacial score (nSPS) is 10.6. The molecule has 6 heteroatoms. The van der Waals surface area contributed by atoms with Crippen molar-refractivity contribution < 1.29 is 4.39 Å². The van der Waals surface area contributed by atoms with Crippen LogP contribution in [0.1, 0.15) is 18.4 Å². The minimum Gasteiger partial charge on any atom is -0.360 e. The third kappa shape index (κ3) is 3.68. The lowest BCUT2D eigenvalue weighted by atomic mass is 10.3. The van der Waals surface area contributed by atoms with E-state index in [4.69, 9.17) is 0 Å². The lowest BCUT2D eigenvalue weighted by Gasteiger charge is -1.99. The molecule has 2 aromatic rings. The van der Waals surface area contributed by atoms with Crippen LogP contribution in [0, 0.1) is 5.82 Å². The number of thioether (sulfide) groups is 1. The second-order valence-corrected chi connectivity index (χ2v) is 5.73. The quantitative estimate of drug-likeness (QED) is 0.818. The van der Waals surface area contributed by atoms with E-state index in [1.807, 2.05) is 6.07 Å². The van der Waals surface area contributed by atoms with E-state index in [-0.39, 0.29) is 5.82 Å². The molecular formula is C12H14FN3S2. The highest BCUT2D eigenvalue weighted by molar-refractivity contribution is 7.98. The molecule has 96 valence electrons. The molecule has 0 fully saturated rings. The molecule has 0 radical (unpaired) electrons. The number of aromatic nitrogens is 2. The standard InChI is InChI=1S/C12H14FN3S2/c1-2-7-14-12-16-15-11(18-12)8-17-10-6-4-3-5-9(10)13/h3-6H,2,7-8H2,1H3,(H,14,16). The van der Waals surface area contributed by atoms with Crippen LogP contribution in [0.4, 0.5) is 9.52 Å². The van der Waals surface area contributed by atoms with Crippen LogP contribution in [-0.2, 0) is 5.75 Å². The molecule has 1 heterocycles. The van der Waals surface area contributed by atoms with Crippen LogP contribution >= 0.6 is 23.1 Å². The Morgan fingerprint density at radius 3 is 2.94 bits per heavy atom. The van der Waals surface area contributed by atoms with Gasteiger partial charge in [0.05, 0.1) is 5.75 Å². The minimum atomic E-state index is -0.184. The Bertz CT molecular complexity index is 502. The number of anilines is 1. The monoisotopic (exact) mass is 283 g/mol. The van der Waals surface area contributed by atoms with Crippen LogP contribution in [-0.4, -0.2) is 16.7 Å². The van der Waals surface area contributed by atoms with Crippen molar-refractivity contribution in [1.29, 1.82) is 0 Å². The van der Waals surface area contributed by atoms with Crippen LogP contribution in [0.2, 0.25) is 0 Å². The number of benzene rings is 1. The molecule has 0 bridgehead atoms. The van der Waals surface area contributed by atoms with E-state index in [0.29, 0.717) is 10.6 Å². The summed E-state index contributed by atoms with van der Waals surface area (Å²) in [5, 5.41) is 13.0. The molecule has 0 spiro atoms. The Labute approximate surface area is 114 Å². The van der Waals surface area contributed by atoms with Crippen LogP contribution in [0.25, 0.3) is 0 Å². The van der Waals surface area contributed by atoms with E-state index in [1.165, 1.54) is 29.2 Å². The lowest BCUT2D eigenvalue weighted by molar-refractivity contribution is 0.602. The Kier molecular flexibility index (Phi) is 4.95. The molecule has 0 unspecified atom stereocenters. The van der Waals surface area contributed by atoms with E-state index in [9.17, 15) is 4.39 Å². The van der Waals surface area contributed by atoms with Gasteiger partial charge in [0.1, 0.15) is 10.8 Å². The van der Waals surface area contributed by atoms with E-state index in [0.717, 1.165) is 23.1 Å². The highest BCUT2D eigenvalue weighted by Crippen LogP contribution is 2.27. The fourth-order valence-electron chi connectivity index (χ4n) is 1.32. The third-order valence-electron chi connectivity index (χ3n) is 2.18. The largest absolute Gasteiger partial charge is 0.360 e. The van der Waals surface area contributed by atoms with E-state index < -0.39 is 0 Å². The minimum absolute atomic E-state index is 0.184. The number of nitrogens with one attached hydrogen (secondary N) is 1. The highest BCUT2D eigenvalue weighted by Gasteiger charge is 2.06.